The van der Waals surface area contributed by atoms with Gasteiger partial charge >= 0.3 is 0 Å². The second kappa shape index (κ2) is 6.29. The third kappa shape index (κ3) is 3.00. The standard InChI is InChI=1S/C17H20N6O2/c1-17(8-3-9-25-17)16-20-15(10-22-12-18-11-19-22)21-23(16)13-4-6-14(24-2)7-5-13/h4-7,11-12H,3,8-10H2,1-2H3/t17-/m1/s1. The highest BCUT2D eigenvalue weighted by molar-refractivity contribution is 5.38. The Hall–Kier alpha value is -2.74. The highest BCUT2D eigenvalue weighted by atomic mass is 16.5. The van der Waals surface area contributed by atoms with Crippen LogP contribution in [0, 0.1) is 0 Å². The van der Waals surface area contributed by atoms with Gasteiger partial charge in [0.1, 0.15) is 30.5 Å². The third-order valence-corrected chi connectivity index (χ3v) is 4.43. The van der Waals surface area contributed by atoms with Crippen LogP contribution in [-0.4, -0.2) is 43.2 Å². The highest BCUT2D eigenvalue weighted by Crippen LogP contribution is 2.35. The minimum Gasteiger partial charge on any atom is -0.497 e. The lowest BCUT2D eigenvalue weighted by Crippen LogP contribution is -2.25. The molecular weight excluding hydrogens is 320 g/mol. The fourth-order valence-corrected chi connectivity index (χ4v) is 3.08. The van der Waals surface area contributed by atoms with Crippen LogP contribution in [0.15, 0.2) is 36.9 Å². The Morgan fingerprint density at radius 2 is 2.12 bits per heavy atom. The van der Waals surface area contributed by atoms with Crippen LogP contribution in [-0.2, 0) is 16.9 Å². The minimum atomic E-state index is -0.437. The number of ether oxygens (including phenoxy) is 2. The molecule has 1 saturated heterocycles. The van der Waals surface area contributed by atoms with Gasteiger partial charge in [-0.2, -0.15) is 5.10 Å². The summed E-state index contributed by atoms with van der Waals surface area (Å²) in [5, 5.41) is 8.83. The number of hydrogen-bond donors (Lipinski definition) is 0. The van der Waals surface area contributed by atoms with Crippen LogP contribution in [0.5, 0.6) is 5.75 Å². The Morgan fingerprint density at radius 3 is 2.76 bits per heavy atom. The van der Waals surface area contributed by atoms with E-state index < -0.39 is 5.60 Å². The lowest BCUT2D eigenvalue weighted by atomic mass is 10.0. The predicted molar refractivity (Wildman–Crippen MR) is 89.6 cm³/mol. The molecule has 1 fully saturated rings. The lowest BCUT2D eigenvalue weighted by molar-refractivity contribution is 0.00761. The van der Waals surface area contributed by atoms with Crippen LogP contribution in [0.1, 0.15) is 31.4 Å². The molecule has 0 amide bonds. The van der Waals surface area contributed by atoms with Crippen molar-refractivity contribution in [2.24, 2.45) is 0 Å². The summed E-state index contributed by atoms with van der Waals surface area (Å²) in [6.07, 6.45) is 5.10. The fourth-order valence-electron chi connectivity index (χ4n) is 3.08. The number of rotatable bonds is 5. The first-order valence-corrected chi connectivity index (χ1v) is 8.25. The molecule has 0 N–H and O–H groups in total. The molecule has 25 heavy (non-hydrogen) atoms. The van der Waals surface area contributed by atoms with Gasteiger partial charge in [-0.15, -0.1) is 5.10 Å². The van der Waals surface area contributed by atoms with Crippen LogP contribution in [0.25, 0.3) is 5.69 Å². The van der Waals surface area contributed by atoms with Crippen molar-refractivity contribution in [3.63, 3.8) is 0 Å². The molecule has 1 aliphatic rings. The van der Waals surface area contributed by atoms with E-state index in [1.54, 1.807) is 18.1 Å². The Balaban J connectivity index is 1.75. The largest absolute Gasteiger partial charge is 0.497 e. The van der Waals surface area contributed by atoms with E-state index in [2.05, 4.69) is 17.0 Å². The van der Waals surface area contributed by atoms with E-state index >= 15 is 0 Å². The molecule has 0 aliphatic carbocycles. The molecule has 3 aromatic rings. The third-order valence-electron chi connectivity index (χ3n) is 4.43. The van der Waals surface area contributed by atoms with Crippen molar-refractivity contribution in [2.75, 3.05) is 13.7 Å². The molecule has 8 nitrogen and oxygen atoms in total. The van der Waals surface area contributed by atoms with Crippen LogP contribution in [0.4, 0.5) is 0 Å². The normalized spacial score (nSPS) is 20.1. The van der Waals surface area contributed by atoms with Gasteiger partial charge in [-0.25, -0.2) is 19.3 Å². The van der Waals surface area contributed by atoms with Gasteiger partial charge in [-0.3, -0.25) is 0 Å². The summed E-state index contributed by atoms with van der Waals surface area (Å²) in [6, 6.07) is 7.76. The quantitative estimate of drug-likeness (QED) is 0.706. The van der Waals surface area contributed by atoms with E-state index in [1.165, 1.54) is 6.33 Å². The van der Waals surface area contributed by atoms with Gasteiger partial charge in [-0.1, -0.05) is 0 Å². The predicted octanol–water partition coefficient (Wildman–Crippen LogP) is 1.94. The molecule has 0 saturated carbocycles. The van der Waals surface area contributed by atoms with Crippen molar-refractivity contribution >= 4 is 0 Å². The van der Waals surface area contributed by atoms with E-state index in [0.717, 1.165) is 36.7 Å². The SMILES string of the molecule is COc1ccc(-n2nc(Cn3cncn3)nc2[C@@]2(C)CCCO2)cc1. The summed E-state index contributed by atoms with van der Waals surface area (Å²) in [7, 11) is 1.65. The molecule has 0 bridgehead atoms. The van der Waals surface area contributed by atoms with Crippen molar-refractivity contribution < 1.29 is 9.47 Å². The number of aromatic nitrogens is 6. The van der Waals surface area contributed by atoms with Crippen molar-refractivity contribution in [1.29, 1.82) is 0 Å². The summed E-state index contributed by atoms with van der Waals surface area (Å²) in [5.74, 6) is 2.29. The molecule has 130 valence electrons. The van der Waals surface area contributed by atoms with Gasteiger partial charge < -0.3 is 9.47 Å². The Morgan fingerprint density at radius 1 is 1.28 bits per heavy atom. The van der Waals surface area contributed by atoms with E-state index in [1.807, 2.05) is 28.9 Å². The lowest BCUT2D eigenvalue weighted by Gasteiger charge is -2.22. The first-order valence-electron chi connectivity index (χ1n) is 8.25. The molecule has 3 heterocycles. The number of nitrogens with zero attached hydrogens (tertiary/aromatic N) is 6. The molecule has 1 aromatic carbocycles. The number of methoxy groups -OCH3 is 1. The van der Waals surface area contributed by atoms with Crippen LogP contribution in [0.3, 0.4) is 0 Å². The van der Waals surface area contributed by atoms with E-state index in [4.69, 9.17) is 19.6 Å². The zero-order valence-corrected chi connectivity index (χ0v) is 14.3. The summed E-state index contributed by atoms with van der Waals surface area (Å²) in [4.78, 5) is 8.73. The van der Waals surface area contributed by atoms with Gasteiger partial charge in [0.25, 0.3) is 0 Å². The van der Waals surface area contributed by atoms with E-state index in [0.29, 0.717) is 12.4 Å². The first kappa shape index (κ1) is 15.8. The summed E-state index contributed by atoms with van der Waals surface area (Å²) in [6.45, 7) is 3.28. The topological polar surface area (TPSA) is 79.9 Å². The fraction of sp³-hybridized carbons (Fsp3) is 0.412. The van der Waals surface area contributed by atoms with E-state index in [-0.39, 0.29) is 0 Å². The monoisotopic (exact) mass is 340 g/mol. The molecule has 2 aromatic heterocycles. The van der Waals surface area contributed by atoms with Crippen molar-refractivity contribution in [2.45, 2.75) is 31.9 Å². The van der Waals surface area contributed by atoms with Gasteiger partial charge in [0, 0.05) is 6.61 Å². The van der Waals surface area contributed by atoms with Gasteiger partial charge in [0.15, 0.2) is 11.6 Å². The van der Waals surface area contributed by atoms with Gasteiger partial charge in [-0.05, 0) is 44.0 Å². The van der Waals surface area contributed by atoms with E-state index in [9.17, 15) is 0 Å². The van der Waals surface area contributed by atoms with Gasteiger partial charge in [0.2, 0.25) is 0 Å². The molecule has 0 radical (unpaired) electrons. The Bertz CT molecular complexity index is 835. The molecule has 0 spiro atoms. The summed E-state index contributed by atoms with van der Waals surface area (Å²) >= 11 is 0. The molecule has 1 atom stereocenters. The maximum Gasteiger partial charge on any atom is 0.173 e. The average molecular weight is 340 g/mol. The van der Waals surface area contributed by atoms with Gasteiger partial charge in [0.05, 0.1) is 12.8 Å². The maximum absolute atomic E-state index is 6.00. The maximum atomic E-state index is 6.00. The minimum absolute atomic E-state index is 0.437. The highest BCUT2D eigenvalue weighted by Gasteiger charge is 2.37. The second-order valence-corrected chi connectivity index (χ2v) is 6.24. The Labute approximate surface area is 145 Å². The number of benzene rings is 1. The smallest absolute Gasteiger partial charge is 0.173 e. The summed E-state index contributed by atoms with van der Waals surface area (Å²) < 4.78 is 14.8. The second-order valence-electron chi connectivity index (χ2n) is 6.24. The molecule has 0 unspecified atom stereocenters. The molecular formula is C17H20N6O2. The van der Waals surface area contributed by atoms with Crippen molar-refractivity contribution in [1.82, 2.24) is 29.5 Å². The molecule has 8 heteroatoms. The summed E-state index contributed by atoms with van der Waals surface area (Å²) in [5.41, 5.74) is 0.484. The van der Waals surface area contributed by atoms with Crippen LogP contribution in [0.2, 0.25) is 0 Å². The zero-order chi connectivity index (χ0) is 17.3. The zero-order valence-electron chi connectivity index (χ0n) is 14.3. The first-order chi connectivity index (χ1) is 12.2. The molecule has 4 rings (SSSR count). The van der Waals surface area contributed by atoms with Crippen molar-refractivity contribution in [3.05, 3.63) is 48.6 Å². The Kier molecular flexibility index (Phi) is 3.96. The molecule has 1 aliphatic heterocycles. The van der Waals surface area contributed by atoms with Crippen molar-refractivity contribution in [3.8, 4) is 11.4 Å². The average Bonchev–Trinajstić information content (AvgIpc) is 3.37. The van der Waals surface area contributed by atoms with Crippen LogP contribution >= 0.6 is 0 Å². The number of hydrogen-bond acceptors (Lipinski definition) is 6. The van der Waals surface area contributed by atoms with Crippen LogP contribution < -0.4 is 4.74 Å².